The van der Waals surface area contributed by atoms with E-state index in [9.17, 15) is 4.79 Å². The van der Waals surface area contributed by atoms with Crippen molar-refractivity contribution in [2.24, 2.45) is 11.8 Å². The topological polar surface area (TPSA) is 17.1 Å². The SMILES string of the molecule is CCCCCC1C(=O)C(CCCCC)C(=Cc2ccccc2)CC1=Cc1ccccc1. The number of ketones is 1. The molecule has 2 atom stereocenters. The lowest BCUT2D eigenvalue weighted by atomic mass is 9.69. The van der Waals surface area contributed by atoms with Crippen LogP contribution < -0.4 is 0 Å². The number of carbonyl (C=O) groups excluding carboxylic acids is 1. The first-order valence-electron chi connectivity index (χ1n) is 12.3. The zero-order valence-corrected chi connectivity index (χ0v) is 19.4. The summed E-state index contributed by atoms with van der Waals surface area (Å²) < 4.78 is 0. The Morgan fingerprint density at radius 2 is 1.10 bits per heavy atom. The quantitative estimate of drug-likeness (QED) is 0.356. The smallest absolute Gasteiger partial charge is 0.147 e. The van der Waals surface area contributed by atoms with Gasteiger partial charge in [-0.15, -0.1) is 0 Å². The molecule has 3 rings (SSSR count). The highest BCUT2D eigenvalue weighted by molar-refractivity contribution is 5.92. The molecule has 1 nitrogen and oxygen atoms in total. The molecule has 2 aromatic rings. The van der Waals surface area contributed by atoms with Gasteiger partial charge in [0.25, 0.3) is 0 Å². The summed E-state index contributed by atoms with van der Waals surface area (Å²) in [6.07, 6.45) is 14.5. The number of hydrogen-bond donors (Lipinski definition) is 0. The zero-order chi connectivity index (χ0) is 21.9. The maximum atomic E-state index is 13.8. The van der Waals surface area contributed by atoms with E-state index in [0.29, 0.717) is 5.78 Å². The number of Topliss-reactive ketones (excluding diaryl/α,β-unsaturated/α-hetero) is 1. The van der Waals surface area contributed by atoms with Crippen LogP contribution in [0.15, 0.2) is 71.8 Å². The van der Waals surface area contributed by atoms with Gasteiger partial charge in [0.2, 0.25) is 0 Å². The molecule has 1 fully saturated rings. The maximum absolute atomic E-state index is 13.8. The molecule has 0 aromatic heterocycles. The van der Waals surface area contributed by atoms with Crippen LogP contribution in [0.1, 0.15) is 82.8 Å². The summed E-state index contributed by atoms with van der Waals surface area (Å²) in [5.41, 5.74) is 5.02. The standard InChI is InChI=1S/C30H38O/c1-3-5-9-19-28-26(21-24-15-11-7-12-16-24)23-27(22-25-17-13-8-14-18-25)29(30(28)31)20-10-6-4-2/h7-8,11-18,21-22,28-29H,3-6,9-10,19-20,23H2,1-2H3. The fourth-order valence-electron chi connectivity index (χ4n) is 4.77. The van der Waals surface area contributed by atoms with Crippen molar-refractivity contribution in [1.29, 1.82) is 0 Å². The van der Waals surface area contributed by atoms with Gasteiger partial charge in [-0.25, -0.2) is 0 Å². The molecule has 0 heterocycles. The monoisotopic (exact) mass is 414 g/mol. The molecule has 31 heavy (non-hydrogen) atoms. The molecule has 0 radical (unpaired) electrons. The van der Waals surface area contributed by atoms with Gasteiger partial charge in [0, 0.05) is 11.8 Å². The molecule has 1 saturated carbocycles. The molecule has 1 aliphatic rings. The summed E-state index contributed by atoms with van der Waals surface area (Å²) in [4.78, 5) is 13.8. The fraction of sp³-hybridized carbons (Fsp3) is 0.433. The molecule has 164 valence electrons. The first-order valence-corrected chi connectivity index (χ1v) is 12.3. The molecule has 0 N–H and O–H groups in total. The summed E-state index contributed by atoms with van der Waals surface area (Å²) in [5, 5.41) is 0. The third-order valence-electron chi connectivity index (χ3n) is 6.49. The molecule has 0 spiro atoms. The summed E-state index contributed by atoms with van der Waals surface area (Å²) in [6.45, 7) is 4.47. The first-order chi connectivity index (χ1) is 15.2. The van der Waals surface area contributed by atoms with Gasteiger partial charge in [-0.3, -0.25) is 4.79 Å². The van der Waals surface area contributed by atoms with Gasteiger partial charge in [0.05, 0.1) is 0 Å². The lowest BCUT2D eigenvalue weighted by Crippen LogP contribution is -2.32. The molecule has 1 heteroatoms. The van der Waals surface area contributed by atoms with Crippen LogP contribution in [-0.4, -0.2) is 5.78 Å². The van der Waals surface area contributed by atoms with Gasteiger partial charge in [-0.05, 0) is 30.4 Å². The Morgan fingerprint density at radius 3 is 1.48 bits per heavy atom. The second-order valence-electron chi connectivity index (χ2n) is 8.94. The van der Waals surface area contributed by atoms with Crippen LogP contribution in [0, 0.1) is 11.8 Å². The van der Waals surface area contributed by atoms with Gasteiger partial charge < -0.3 is 0 Å². The Morgan fingerprint density at radius 1 is 0.677 bits per heavy atom. The Balaban J connectivity index is 1.96. The minimum Gasteiger partial charge on any atom is -0.298 e. The Hall–Kier alpha value is -2.41. The van der Waals surface area contributed by atoms with Crippen LogP contribution in [0.2, 0.25) is 0 Å². The van der Waals surface area contributed by atoms with Crippen molar-refractivity contribution in [2.75, 3.05) is 0 Å². The minimum atomic E-state index is 0.0753. The molecule has 0 bridgehead atoms. The number of rotatable bonds is 10. The van der Waals surface area contributed by atoms with E-state index in [-0.39, 0.29) is 11.8 Å². The Bertz CT molecular complexity index is 788. The normalized spacial score (nSPS) is 21.7. The van der Waals surface area contributed by atoms with Crippen LogP contribution in [0.4, 0.5) is 0 Å². The Labute approximate surface area is 189 Å². The summed E-state index contributed by atoms with van der Waals surface area (Å²) in [6, 6.07) is 21.0. The van der Waals surface area contributed by atoms with E-state index >= 15 is 0 Å². The average molecular weight is 415 g/mol. The van der Waals surface area contributed by atoms with Gasteiger partial charge in [-0.1, -0.05) is 136 Å². The first kappa shape index (κ1) is 23.3. The van der Waals surface area contributed by atoms with Crippen molar-refractivity contribution in [3.05, 3.63) is 82.9 Å². The summed E-state index contributed by atoms with van der Waals surface area (Å²) >= 11 is 0. The predicted molar refractivity (Wildman–Crippen MR) is 134 cm³/mol. The second kappa shape index (κ2) is 12.4. The van der Waals surface area contributed by atoms with E-state index in [1.165, 1.54) is 48.0 Å². The molecule has 2 aromatic carbocycles. The van der Waals surface area contributed by atoms with E-state index in [4.69, 9.17) is 0 Å². The molecular formula is C30H38O. The van der Waals surface area contributed by atoms with Gasteiger partial charge in [-0.2, -0.15) is 0 Å². The Kier molecular flexibility index (Phi) is 9.34. The average Bonchev–Trinajstić information content (AvgIpc) is 2.79. The van der Waals surface area contributed by atoms with Crippen LogP contribution in [-0.2, 0) is 4.79 Å². The highest BCUT2D eigenvalue weighted by atomic mass is 16.1. The van der Waals surface area contributed by atoms with Crippen molar-refractivity contribution < 1.29 is 4.79 Å². The molecule has 2 unspecified atom stereocenters. The lowest BCUT2D eigenvalue weighted by molar-refractivity contribution is -0.125. The largest absolute Gasteiger partial charge is 0.298 e. The number of carbonyl (C=O) groups is 1. The summed E-state index contributed by atoms with van der Waals surface area (Å²) in [5.74, 6) is 0.612. The zero-order valence-electron chi connectivity index (χ0n) is 19.4. The highest BCUT2D eigenvalue weighted by Crippen LogP contribution is 2.41. The van der Waals surface area contributed by atoms with E-state index in [2.05, 4.69) is 86.7 Å². The van der Waals surface area contributed by atoms with Crippen molar-refractivity contribution in [1.82, 2.24) is 0 Å². The van der Waals surface area contributed by atoms with E-state index in [1.807, 2.05) is 0 Å². The van der Waals surface area contributed by atoms with Crippen molar-refractivity contribution in [2.45, 2.75) is 71.6 Å². The van der Waals surface area contributed by atoms with Crippen molar-refractivity contribution >= 4 is 17.9 Å². The summed E-state index contributed by atoms with van der Waals surface area (Å²) in [7, 11) is 0. The maximum Gasteiger partial charge on any atom is 0.147 e. The van der Waals surface area contributed by atoms with Gasteiger partial charge in [0.15, 0.2) is 0 Å². The molecule has 1 aliphatic carbocycles. The number of hydrogen-bond acceptors (Lipinski definition) is 1. The predicted octanol–water partition coefficient (Wildman–Crippen LogP) is 8.52. The fourth-order valence-corrected chi connectivity index (χ4v) is 4.77. The van der Waals surface area contributed by atoms with E-state index in [1.54, 1.807) is 0 Å². The van der Waals surface area contributed by atoms with E-state index in [0.717, 1.165) is 32.1 Å². The van der Waals surface area contributed by atoms with Crippen LogP contribution in [0.5, 0.6) is 0 Å². The number of allylic oxidation sites excluding steroid dienone is 2. The van der Waals surface area contributed by atoms with Crippen molar-refractivity contribution in [3.63, 3.8) is 0 Å². The third kappa shape index (κ3) is 6.79. The second-order valence-corrected chi connectivity index (χ2v) is 8.94. The molecule has 0 amide bonds. The number of unbranched alkanes of at least 4 members (excludes halogenated alkanes) is 4. The van der Waals surface area contributed by atoms with Crippen LogP contribution in [0.25, 0.3) is 12.2 Å². The number of benzene rings is 2. The highest BCUT2D eigenvalue weighted by Gasteiger charge is 2.36. The lowest BCUT2D eigenvalue weighted by Gasteiger charge is -2.33. The molecule has 0 aliphatic heterocycles. The molecular weight excluding hydrogens is 376 g/mol. The van der Waals surface area contributed by atoms with Gasteiger partial charge in [0.1, 0.15) is 5.78 Å². The van der Waals surface area contributed by atoms with Gasteiger partial charge >= 0.3 is 0 Å². The minimum absolute atomic E-state index is 0.0753. The van der Waals surface area contributed by atoms with Crippen LogP contribution in [0.3, 0.4) is 0 Å². The third-order valence-corrected chi connectivity index (χ3v) is 6.49. The molecule has 0 saturated heterocycles. The van der Waals surface area contributed by atoms with Crippen LogP contribution >= 0.6 is 0 Å². The van der Waals surface area contributed by atoms with Crippen molar-refractivity contribution in [3.8, 4) is 0 Å². The van der Waals surface area contributed by atoms with E-state index < -0.39 is 0 Å².